The molecular weight excluding hydrogens is 549 g/mol. The van der Waals surface area contributed by atoms with Crippen LogP contribution in [0.15, 0.2) is 55.0 Å². The van der Waals surface area contributed by atoms with Crippen molar-refractivity contribution >= 4 is 34.6 Å². The Labute approximate surface area is 235 Å². The van der Waals surface area contributed by atoms with Crippen LogP contribution >= 0.6 is 11.6 Å². The molecule has 5 N–H and O–H groups in total. The summed E-state index contributed by atoms with van der Waals surface area (Å²) in [5, 5.41) is 3.86. The van der Waals surface area contributed by atoms with Gasteiger partial charge in [0.2, 0.25) is 0 Å². The summed E-state index contributed by atoms with van der Waals surface area (Å²) in [7, 11) is 4.58. The molecule has 0 atom stereocenters. The zero-order valence-electron chi connectivity index (χ0n) is 22.3. The molecule has 0 aliphatic carbocycles. The van der Waals surface area contributed by atoms with Crippen LogP contribution in [-0.2, 0) is 12.7 Å². The number of methoxy groups -OCH3 is 2. The maximum atomic E-state index is 13.7. The van der Waals surface area contributed by atoms with E-state index < -0.39 is 17.6 Å². The first-order valence-corrected chi connectivity index (χ1v) is 12.3. The maximum absolute atomic E-state index is 13.7. The minimum atomic E-state index is -4.64. The number of carbonyl (C=O) groups is 1. The number of halogens is 4. The molecule has 0 saturated carbocycles. The van der Waals surface area contributed by atoms with E-state index in [1.807, 2.05) is 11.8 Å². The number of pyridine rings is 1. The number of rotatable bonds is 10. The number of hydrogen-bond donors (Lipinski definition) is 3. The molecule has 0 aliphatic rings. The fourth-order valence-corrected chi connectivity index (χ4v) is 3.95. The van der Waals surface area contributed by atoms with Gasteiger partial charge < -0.3 is 25.4 Å². The Morgan fingerprint density at radius 1 is 1.12 bits per heavy atom. The number of nitrogens with zero attached hydrogens (tertiary/aromatic N) is 3. The number of alkyl halides is 3. The number of amides is 1. The van der Waals surface area contributed by atoms with Crippen LogP contribution in [0.1, 0.15) is 34.0 Å². The zero-order chi connectivity index (χ0) is 29.6. The predicted molar refractivity (Wildman–Crippen MR) is 149 cm³/mol. The van der Waals surface area contributed by atoms with Crippen molar-refractivity contribution in [2.45, 2.75) is 19.6 Å². The summed E-state index contributed by atoms with van der Waals surface area (Å²) in [4.78, 5) is 19.1. The van der Waals surface area contributed by atoms with E-state index in [2.05, 4.69) is 10.3 Å². The second-order valence-corrected chi connectivity index (χ2v) is 9.18. The highest BCUT2D eigenvalue weighted by Gasteiger charge is 2.33. The summed E-state index contributed by atoms with van der Waals surface area (Å²) in [5.41, 5.74) is 6.45. The van der Waals surface area contributed by atoms with Gasteiger partial charge in [-0.2, -0.15) is 13.2 Å². The summed E-state index contributed by atoms with van der Waals surface area (Å²) < 4.78 is 51.6. The first kappa shape index (κ1) is 30.5. The van der Waals surface area contributed by atoms with Gasteiger partial charge in [0.05, 0.1) is 48.1 Å². The molecule has 0 saturated heterocycles. The smallest absolute Gasteiger partial charge is 0.416 e. The summed E-state index contributed by atoms with van der Waals surface area (Å²) in [6, 6.07) is 7.75. The fourth-order valence-electron chi connectivity index (χ4n) is 3.74. The summed E-state index contributed by atoms with van der Waals surface area (Å²) in [5.74, 6) is 6.09. The highest BCUT2D eigenvalue weighted by atomic mass is 35.5. The van der Waals surface area contributed by atoms with E-state index in [4.69, 9.17) is 32.7 Å². The normalized spacial score (nSPS) is 11.9. The number of aromatic nitrogens is 1. The Hall–Kier alpha value is -4.00. The molecule has 9 nitrogen and oxygen atoms in total. The number of carbonyl (C=O) groups excluding carboxylic acids is 1. The average Bonchev–Trinajstić information content (AvgIpc) is 2.92. The van der Waals surface area contributed by atoms with Crippen LogP contribution in [0.5, 0.6) is 11.5 Å². The Morgan fingerprint density at radius 2 is 1.85 bits per heavy atom. The topological polar surface area (TPSA) is 119 Å². The maximum Gasteiger partial charge on any atom is 0.416 e. The Morgan fingerprint density at radius 3 is 2.48 bits per heavy atom. The highest BCUT2D eigenvalue weighted by Crippen LogP contribution is 2.39. The molecule has 40 heavy (non-hydrogen) atoms. The van der Waals surface area contributed by atoms with Gasteiger partial charge in [-0.25, -0.2) is 5.84 Å². The van der Waals surface area contributed by atoms with E-state index in [-0.39, 0.29) is 45.5 Å². The zero-order valence-corrected chi connectivity index (χ0v) is 23.1. The first-order chi connectivity index (χ1) is 18.9. The van der Waals surface area contributed by atoms with Crippen LogP contribution in [0, 0.1) is 0 Å². The van der Waals surface area contributed by atoms with Crippen molar-refractivity contribution < 1.29 is 27.4 Å². The number of nitrogens with one attached hydrogen (secondary N) is 1. The summed E-state index contributed by atoms with van der Waals surface area (Å²) in [6.45, 7) is 2.64. The third kappa shape index (κ3) is 7.34. The minimum absolute atomic E-state index is 0.0801. The molecule has 1 amide bonds. The van der Waals surface area contributed by atoms with E-state index in [0.717, 1.165) is 17.1 Å². The second kappa shape index (κ2) is 12.9. The first-order valence-electron chi connectivity index (χ1n) is 12.0. The number of anilines is 2. The van der Waals surface area contributed by atoms with Crippen molar-refractivity contribution in [3.63, 3.8) is 0 Å². The molecular formula is C27H30ClF3N6O3. The molecule has 13 heteroatoms. The third-order valence-electron chi connectivity index (χ3n) is 5.97. The van der Waals surface area contributed by atoms with Gasteiger partial charge >= 0.3 is 6.18 Å². The number of benzene rings is 2. The number of nitrogens with two attached hydrogens (primary N) is 2. The van der Waals surface area contributed by atoms with Gasteiger partial charge in [-0.15, -0.1) is 0 Å². The van der Waals surface area contributed by atoms with Gasteiger partial charge in [0.25, 0.3) is 5.91 Å². The van der Waals surface area contributed by atoms with E-state index in [1.165, 1.54) is 51.0 Å². The van der Waals surface area contributed by atoms with Crippen molar-refractivity contribution in [3.8, 4) is 11.5 Å². The fraction of sp³-hybridized carbons (Fsp3) is 0.259. The molecule has 1 heterocycles. The molecule has 0 aliphatic heterocycles. The van der Waals surface area contributed by atoms with Crippen molar-refractivity contribution in [1.82, 2.24) is 9.88 Å². The van der Waals surface area contributed by atoms with Gasteiger partial charge in [-0.3, -0.25) is 14.8 Å². The minimum Gasteiger partial charge on any atom is -0.495 e. The van der Waals surface area contributed by atoms with E-state index in [1.54, 1.807) is 13.1 Å². The Bertz CT molecular complexity index is 1400. The van der Waals surface area contributed by atoms with Crippen LogP contribution in [0.4, 0.5) is 24.5 Å². The monoisotopic (exact) mass is 578 g/mol. The van der Waals surface area contributed by atoms with Crippen molar-refractivity contribution in [2.75, 3.05) is 38.1 Å². The van der Waals surface area contributed by atoms with Crippen LogP contribution in [0.2, 0.25) is 5.02 Å². The van der Waals surface area contributed by atoms with Gasteiger partial charge in [0.15, 0.2) is 0 Å². The van der Waals surface area contributed by atoms with Gasteiger partial charge in [0, 0.05) is 35.6 Å². The quantitative estimate of drug-likeness (QED) is 0.224. The van der Waals surface area contributed by atoms with E-state index in [9.17, 15) is 18.0 Å². The molecule has 2 aromatic carbocycles. The SMILES string of the molecule is CCN(C)Cc1cc(C(F)(F)F)cc(NC(=O)c2ccc(Cl)c(N(N)/C=C(\N)c3cncc(OC)c3)c2)c1OC. The van der Waals surface area contributed by atoms with Crippen molar-refractivity contribution in [3.05, 3.63) is 82.3 Å². The lowest BCUT2D eigenvalue weighted by molar-refractivity contribution is -0.137. The van der Waals surface area contributed by atoms with Gasteiger partial charge in [0.1, 0.15) is 11.5 Å². The van der Waals surface area contributed by atoms with E-state index in [0.29, 0.717) is 17.9 Å². The lowest BCUT2D eigenvalue weighted by Crippen LogP contribution is -2.26. The van der Waals surface area contributed by atoms with E-state index >= 15 is 0 Å². The number of hydrazine groups is 1. The number of ether oxygens (including phenoxy) is 2. The van der Waals surface area contributed by atoms with Crippen molar-refractivity contribution in [2.24, 2.45) is 11.6 Å². The Balaban J connectivity index is 1.95. The highest BCUT2D eigenvalue weighted by molar-refractivity contribution is 6.33. The molecule has 0 spiro atoms. The lowest BCUT2D eigenvalue weighted by atomic mass is 10.1. The molecule has 0 fully saturated rings. The van der Waals surface area contributed by atoms with Crippen LogP contribution in [0.25, 0.3) is 5.70 Å². The average molecular weight is 579 g/mol. The molecule has 3 aromatic rings. The van der Waals surface area contributed by atoms with Crippen LogP contribution < -0.4 is 31.4 Å². The lowest BCUT2D eigenvalue weighted by Gasteiger charge is -2.21. The standard InChI is InChI=1S/C27H30ClF3N6O3/c1-5-36(2)14-18-8-19(27(29,30)31)11-23(25(18)40-4)35-26(38)16-6-7-21(28)24(10-16)37(33)15-22(32)17-9-20(39-3)13-34-12-17/h6-13,15H,5,14,32-33H2,1-4H3,(H,35,38)/b22-15-. The molecule has 0 bridgehead atoms. The summed E-state index contributed by atoms with van der Waals surface area (Å²) >= 11 is 6.33. The Kier molecular flexibility index (Phi) is 9.85. The molecule has 214 valence electrons. The summed E-state index contributed by atoms with van der Waals surface area (Å²) in [6.07, 6.45) is -0.224. The molecule has 3 rings (SSSR count). The molecule has 0 radical (unpaired) electrons. The van der Waals surface area contributed by atoms with Crippen molar-refractivity contribution in [1.29, 1.82) is 0 Å². The predicted octanol–water partition coefficient (Wildman–Crippen LogP) is 5.11. The molecule has 0 unspecified atom stereocenters. The van der Waals surface area contributed by atoms with Crippen LogP contribution in [-0.4, -0.2) is 43.6 Å². The van der Waals surface area contributed by atoms with Crippen LogP contribution in [0.3, 0.4) is 0 Å². The van der Waals surface area contributed by atoms with Gasteiger partial charge in [-0.05, 0) is 50.0 Å². The molecule has 1 aromatic heterocycles. The third-order valence-corrected chi connectivity index (χ3v) is 6.29. The number of hydrogen-bond acceptors (Lipinski definition) is 8. The van der Waals surface area contributed by atoms with Gasteiger partial charge in [-0.1, -0.05) is 18.5 Å². The second-order valence-electron chi connectivity index (χ2n) is 8.77. The largest absolute Gasteiger partial charge is 0.495 e.